The molecule has 1 aromatic rings. The summed E-state index contributed by atoms with van der Waals surface area (Å²) >= 11 is 11.8. The van der Waals surface area contributed by atoms with Crippen LogP contribution in [0.4, 0.5) is 0 Å². The van der Waals surface area contributed by atoms with Gasteiger partial charge in [-0.3, -0.25) is 0 Å². The summed E-state index contributed by atoms with van der Waals surface area (Å²) in [5.41, 5.74) is 2.61. The summed E-state index contributed by atoms with van der Waals surface area (Å²) in [6, 6.07) is 8.50. The Morgan fingerprint density at radius 3 is 2.36 bits per heavy atom. The molecule has 1 rings (SSSR count). The minimum Gasteiger partial charge on any atom is -0.126 e. The number of alkyl halides is 2. The molecule has 1 aromatic carbocycles. The van der Waals surface area contributed by atoms with Crippen LogP contribution in [-0.2, 0) is 6.42 Å². The maximum Gasteiger partial charge on any atom is 0.0291 e. The van der Waals surface area contributed by atoms with E-state index < -0.39 is 0 Å². The Morgan fingerprint density at radius 1 is 1.21 bits per heavy atom. The molecular weight excluding hydrogens is 215 g/mol. The van der Waals surface area contributed by atoms with Crippen molar-refractivity contribution in [1.82, 2.24) is 0 Å². The van der Waals surface area contributed by atoms with E-state index >= 15 is 0 Å². The van der Waals surface area contributed by atoms with Gasteiger partial charge in [-0.2, -0.15) is 0 Å². The number of hydrogen-bond acceptors (Lipinski definition) is 0. The highest BCUT2D eigenvalue weighted by molar-refractivity contribution is 6.21. The summed E-state index contributed by atoms with van der Waals surface area (Å²) in [5.74, 6) is 1.20. The van der Waals surface area contributed by atoms with Crippen LogP contribution in [0.15, 0.2) is 24.3 Å². The topological polar surface area (TPSA) is 0 Å². The molecule has 0 unspecified atom stereocenters. The van der Waals surface area contributed by atoms with E-state index in [0.29, 0.717) is 11.8 Å². The summed E-state index contributed by atoms with van der Waals surface area (Å²) < 4.78 is 0. The fraction of sp³-hybridized carbons (Fsp3) is 0.500. The van der Waals surface area contributed by atoms with Crippen molar-refractivity contribution in [3.63, 3.8) is 0 Å². The van der Waals surface area contributed by atoms with Crippen molar-refractivity contribution in [3.8, 4) is 0 Å². The van der Waals surface area contributed by atoms with Crippen molar-refractivity contribution in [2.24, 2.45) is 5.41 Å². The highest BCUT2D eigenvalue weighted by Crippen LogP contribution is 2.26. The normalized spacial score (nSPS) is 11.7. The fourth-order valence-electron chi connectivity index (χ4n) is 1.45. The lowest BCUT2D eigenvalue weighted by atomic mass is 9.87. The van der Waals surface area contributed by atoms with Crippen molar-refractivity contribution < 1.29 is 0 Å². The van der Waals surface area contributed by atoms with Crippen molar-refractivity contribution in [3.05, 3.63) is 35.4 Å². The largest absolute Gasteiger partial charge is 0.126 e. The minimum atomic E-state index is 0.0108. The molecule has 2 heteroatoms. The van der Waals surface area contributed by atoms with E-state index in [1.165, 1.54) is 11.1 Å². The second-order valence-corrected chi connectivity index (χ2v) is 4.78. The van der Waals surface area contributed by atoms with Gasteiger partial charge in [-0.05, 0) is 24.3 Å². The number of aryl methyl sites for hydroxylation is 1. The molecule has 0 bridgehead atoms. The Balaban J connectivity index is 2.77. The predicted octanol–water partition coefficient (Wildman–Crippen LogP) is 4.02. The zero-order chi connectivity index (χ0) is 10.6. The summed E-state index contributed by atoms with van der Waals surface area (Å²) in [4.78, 5) is 0. The van der Waals surface area contributed by atoms with Gasteiger partial charge in [0.05, 0.1) is 0 Å². The van der Waals surface area contributed by atoms with Crippen LogP contribution in [0.1, 0.15) is 18.1 Å². The predicted molar refractivity (Wildman–Crippen MR) is 64.4 cm³/mol. The molecule has 14 heavy (non-hydrogen) atoms. The Hall–Kier alpha value is -0.200. The molecule has 78 valence electrons. The molecule has 0 aliphatic heterocycles. The van der Waals surface area contributed by atoms with Crippen LogP contribution in [-0.4, -0.2) is 11.8 Å². The van der Waals surface area contributed by atoms with Gasteiger partial charge in [-0.25, -0.2) is 0 Å². The monoisotopic (exact) mass is 230 g/mol. The van der Waals surface area contributed by atoms with E-state index in [0.717, 1.165) is 6.42 Å². The second-order valence-electron chi connectivity index (χ2n) is 4.24. The zero-order valence-corrected chi connectivity index (χ0v) is 10.2. The Morgan fingerprint density at radius 2 is 1.86 bits per heavy atom. The highest BCUT2D eigenvalue weighted by atomic mass is 35.5. The Bertz CT molecular complexity index is 290. The van der Waals surface area contributed by atoms with Crippen LogP contribution in [0.25, 0.3) is 0 Å². The first kappa shape index (κ1) is 11.9. The molecule has 0 aromatic heterocycles. The lowest BCUT2D eigenvalue weighted by molar-refractivity contribution is 0.425. The van der Waals surface area contributed by atoms with Crippen molar-refractivity contribution >= 4 is 23.2 Å². The van der Waals surface area contributed by atoms with Gasteiger partial charge in [0.2, 0.25) is 0 Å². The molecule has 0 amide bonds. The maximum atomic E-state index is 5.91. The van der Waals surface area contributed by atoms with Gasteiger partial charge < -0.3 is 0 Å². The minimum absolute atomic E-state index is 0.0108. The van der Waals surface area contributed by atoms with E-state index in [1.807, 2.05) is 0 Å². The third-order valence-corrected chi connectivity index (χ3v) is 3.65. The van der Waals surface area contributed by atoms with Crippen LogP contribution >= 0.6 is 23.2 Å². The molecule has 0 atom stereocenters. The number of hydrogen-bond donors (Lipinski definition) is 0. The first-order valence-electron chi connectivity index (χ1n) is 4.77. The SMILES string of the molecule is Cc1cccc(CC(C)(CCl)CCl)c1. The van der Waals surface area contributed by atoms with Gasteiger partial charge in [-0.1, -0.05) is 36.8 Å². The second kappa shape index (κ2) is 5.04. The quantitative estimate of drug-likeness (QED) is 0.686. The zero-order valence-electron chi connectivity index (χ0n) is 8.69. The van der Waals surface area contributed by atoms with Crippen molar-refractivity contribution in [2.45, 2.75) is 20.3 Å². The van der Waals surface area contributed by atoms with E-state index in [-0.39, 0.29) is 5.41 Å². The van der Waals surface area contributed by atoms with Crippen LogP contribution in [0.3, 0.4) is 0 Å². The number of halogens is 2. The van der Waals surface area contributed by atoms with Gasteiger partial charge in [0, 0.05) is 11.8 Å². The van der Waals surface area contributed by atoms with Gasteiger partial charge in [0.15, 0.2) is 0 Å². The fourth-order valence-corrected chi connectivity index (χ4v) is 1.92. The third kappa shape index (κ3) is 3.18. The van der Waals surface area contributed by atoms with Gasteiger partial charge in [0.1, 0.15) is 0 Å². The average Bonchev–Trinajstić information content (AvgIpc) is 2.18. The molecule has 0 aliphatic carbocycles. The summed E-state index contributed by atoms with van der Waals surface area (Å²) in [7, 11) is 0. The van der Waals surface area contributed by atoms with E-state index in [1.54, 1.807) is 0 Å². The number of benzene rings is 1. The van der Waals surface area contributed by atoms with Crippen LogP contribution in [0.5, 0.6) is 0 Å². The van der Waals surface area contributed by atoms with Gasteiger partial charge in [-0.15, -0.1) is 23.2 Å². The molecule has 0 nitrogen and oxygen atoms in total. The maximum absolute atomic E-state index is 5.91. The molecule has 0 saturated heterocycles. The lowest BCUT2D eigenvalue weighted by Gasteiger charge is -2.24. The smallest absolute Gasteiger partial charge is 0.0291 e. The molecule has 0 saturated carbocycles. The van der Waals surface area contributed by atoms with E-state index in [4.69, 9.17) is 23.2 Å². The summed E-state index contributed by atoms with van der Waals surface area (Å²) in [6.07, 6.45) is 0.946. The Kier molecular flexibility index (Phi) is 4.28. The van der Waals surface area contributed by atoms with Gasteiger partial charge in [0.25, 0.3) is 0 Å². The van der Waals surface area contributed by atoms with Crippen molar-refractivity contribution in [2.75, 3.05) is 11.8 Å². The molecule has 0 aliphatic rings. The number of rotatable bonds is 4. The highest BCUT2D eigenvalue weighted by Gasteiger charge is 2.22. The molecule has 0 heterocycles. The van der Waals surface area contributed by atoms with Crippen LogP contribution < -0.4 is 0 Å². The summed E-state index contributed by atoms with van der Waals surface area (Å²) in [6.45, 7) is 4.22. The van der Waals surface area contributed by atoms with Crippen molar-refractivity contribution in [1.29, 1.82) is 0 Å². The first-order valence-corrected chi connectivity index (χ1v) is 5.84. The standard InChI is InChI=1S/C12H16Cl2/c1-10-4-3-5-11(6-10)7-12(2,8-13)9-14/h3-6H,7-9H2,1-2H3. The molecule has 0 radical (unpaired) electrons. The van der Waals surface area contributed by atoms with E-state index in [2.05, 4.69) is 38.1 Å². The molecule has 0 spiro atoms. The first-order chi connectivity index (χ1) is 6.59. The molecule has 0 N–H and O–H groups in total. The lowest BCUT2D eigenvalue weighted by Crippen LogP contribution is -2.23. The van der Waals surface area contributed by atoms with Crippen LogP contribution in [0, 0.1) is 12.3 Å². The third-order valence-electron chi connectivity index (χ3n) is 2.36. The van der Waals surface area contributed by atoms with E-state index in [9.17, 15) is 0 Å². The van der Waals surface area contributed by atoms with Gasteiger partial charge >= 0.3 is 0 Å². The Labute approximate surface area is 96.2 Å². The summed E-state index contributed by atoms with van der Waals surface area (Å²) in [5, 5.41) is 0. The molecular formula is C12H16Cl2. The average molecular weight is 231 g/mol. The molecule has 0 fully saturated rings. The van der Waals surface area contributed by atoms with Crippen LogP contribution in [0.2, 0.25) is 0 Å².